The molecule has 1 atom stereocenters. The van der Waals surface area contributed by atoms with Gasteiger partial charge in [0, 0.05) is 21.2 Å². The van der Waals surface area contributed by atoms with Crippen LogP contribution in [0, 0.1) is 0 Å². The number of hydrogen-bond donors (Lipinski definition) is 0. The van der Waals surface area contributed by atoms with Crippen LogP contribution in [0.4, 0.5) is 0 Å². The molecule has 0 bridgehead atoms. The zero-order valence-corrected chi connectivity index (χ0v) is 6.46. The summed E-state index contributed by atoms with van der Waals surface area (Å²) >= 11 is 0. The number of methoxy groups -OCH3 is 1. The second kappa shape index (κ2) is 4.32. The standard InChI is InChI=1S/C6H14N2O/c1-6(9-4)5-7-8(2)3/h5-6H,1-4H3. The summed E-state index contributed by atoms with van der Waals surface area (Å²) in [6, 6.07) is 0. The monoisotopic (exact) mass is 130 g/mol. The van der Waals surface area contributed by atoms with Gasteiger partial charge < -0.3 is 9.75 Å². The van der Waals surface area contributed by atoms with Gasteiger partial charge in [0.2, 0.25) is 0 Å². The minimum atomic E-state index is 0.104. The molecular formula is C6H14N2O. The SMILES string of the molecule is COC(C)C=NN(C)C. The van der Waals surface area contributed by atoms with E-state index in [0.717, 1.165) is 0 Å². The first-order valence-electron chi connectivity index (χ1n) is 2.91. The van der Waals surface area contributed by atoms with Crippen molar-refractivity contribution in [3.8, 4) is 0 Å². The Labute approximate surface area is 56.3 Å². The molecule has 0 aliphatic carbocycles. The molecule has 0 spiro atoms. The molecule has 3 nitrogen and oxygen atoms in total. The van der Waals surface area contributed by atoms with E-state index in [1.807, 2.05) is 21.0 Å². The lowest BCUT2D eigenvalue weighted by atomic mass is 10.5. The third-order valence-electron chi connectivity index (χ3n) is 0.879. The highest BCUT2D eigenvalue weighted by atomic mass is 16.5. The van der Waals surface area contributed by atoms with Gasteiger partial charge in [-0.1, -0.05) is 0 Å². The summed E-state index contributed by atoms with van der Waals surface area (Å²) in [5, 5.41) is 5.71. The fourth-order valence-corrected chi connectivity index (χ4v) is 0.288. The van der Waals surface area contributed by atoms with E-state index in [-0.39, 0.29) is 6.10 Å². The van der Waals surface area contributed by atoms with Gasteiger partial charge in [0.25, 0.3) is 0 Å². The van der Waals surface area contributed by atoms with E-state index in [9.17, 15) is 0 Å². The van der Waals surface area contributed by atoms with Crippen molar-refractivity contribution in [1.29, 1.82) is 0 Å². The normalized spacial score (nSPS) is 14.2. The van der Waals surface area contributed by atoms with Crippen molar-refractivity contribution in [3.05, 3.63) is 0 Å². The van der Waals surface area contributed by atoms with E-state index in [2.05, 4.69) is 5.10 Å². The predicted octanol–water partition coefficient (Wildman–Crippen LogP) is 0.569. The average Bonchev–Trinajstić information content (AvgIpc) is 1.83. The molecule has 0 aromatic rings. The molecule has 0 fully saturated rings. The molecule has 0 aromatic carbocycles. The third kappa shape index (κ3) is 5.30. The lowest BCUT2D eigenvalue weighted by molar-refractivity contribution is 0.173. The fraction of sp³-hybridized carbons (Fsp3) is 0.833. The van der Waals surface area contributed by atoms with Crippen LogP contribution >= 0.6 is 0 Å². The molecule has 0 amide bonds. The van der Waals surface area contributed by atoms with Crippen molar-refractivity contribution in [2.75, 3.05) is 21.2 Å². The van der Waals surface area contributed by atoms with E-state index in [4.69, 9.17) is 4.74 Å². The van der Waals surface area contributed by atoms with Crippen LogP contribution in [0.1, 0.15) is 6.92 Å². The van der Waals surface area contributed by atoms with E-state index in [0.29, 0.717) is 0 Å². The lowest BCUT2D eigenvalue weighted by Crippen LogP contribution is -2.10. The molecule has 0 N–H and O–H groups in total. The number of hydrazone groups is 1. The molecule has 0 radical (unpaired) electrons. The molecule has 0 aromatic heterocycles. The van der Waals surface area contributed by atoms with Gasteiger partial charge in [-0.2, -0.15) is 5.10 Å². The maximum Gasteiger partial charge on any atom is 0.0911 e. The van der Waals surface area contributed by atoms with Gasteiger partial charge in [0.15, 0.2) is 0 Å². The summed E-state index contributed by atoms with van der Waals surface area (Å²) in [6.07, 6.45) is 1.85. The Bertz CT molecular complexity index is 91.1. The molecule has 0 rings (SSSR count). The molecule has 0 saturated heterocycles. The van der Waals surface area contributed by atoms with Crippen LogP contribution in [-0.2, 0) is 4.74 Å². The Balaban J connectivity index is 3.43. The highest BCUT2D eigenvalue weighted by Crippen LogP contribution is 1.82. The van der Waals surface area contributed by atoms with Crippen molar-refractivity contribution < 1.29 is 4.74 Å². The van der Waals surface area contributed by atoms with Crippen LogP contribution in [0.5, 0.6) is 0 Å². The van der Waals surface area contributed by atoms with Crippen LogP contribution in [0.2, 0.25) is 0 Å². The van der Waals surface area contributed by atoms with Gasteiger partial charge in [0.1, 0.15) is 0 Å². The van der Waals surface area contributed by atoms with Crippen molar-refractivity contribution in [2.24, 2.45) is 5.10 Å². The smallest absolute Gasteiger partial charge is 0.0911 e. The number of hydrogen-bond acceptors (Lipinski definition) is 3. The highest BCUT2D eigenvalue weighted by molar-refractivity contribution is 5.61. The van der Waals surface area contributed by atoms with Gasteiger partial charge in [0.05, 0.1) is 12.3 Å². The molecule has 0 heterocycles. The van der Waals surface area contributed by atoms with E-state index >= 15 is 0 Å². The summed E-state index contributed by atoms with van der Waals surface area (Å²) in [7, 11) is 5.41. The van der Waals surface area contributed by atoms with Gasteiger partial charge in [-0.3, -0.25) is 0 Å². The summed E-state index contributed by atoms with van der Waals surface area (Å²) < 4.78 is 4.92. The van der Waals surface area contributed by atoms with E-state index < -0.39 is 0 Å². The minimum Gasteiger partial charge on any atom is -0.376 e. The molecular weight excluding hydrogens is 116 g/mol. The second-order valence-corrected chi connectivity index (χ2v) is 2.05. The largest absolute Gasteiger partial charge is 0.376 e. The van der Waals surface area contributed by atoms with Crippen LogP contribution in [0.25, 0.3) is 0 Å². The Morgan fingerprint density at radius 1 is 1.56 bits per heavy atom. The quantitative estimate of drug-likeness (QED) is 0.412. The summed E-state index contributed by atoms with van der Waals surface area (Å²) in [4.78, 5) is 0. The second-order valence-electron chi connectivity index (χ2n) is 2.05. The number of rotatable bonds is 3. The van der Waals surface area contributed by atoms with Gasteiger partial charge in [-0.25, -0.2) is 0 Å². The van der Waals surface area contributed by atoms with E-state index in [1.165, 1.54) is 0 Å². The summed E-state index contributed by atoms with van der Waals surface area (Å²) in [6.45, 7) is 1.94. The molecule has 0 aliphatic rings. The van der Waals surface area contributed by atoms with Crippen molar-refractivity contribution >= 4 is 6.21 Å². The molecule has 0 saturated carbocycles. The maximum atomic E-state index is 4.92. The van der Waals surface area contributed by atoms with Gasteiger partial charge >= 0.3 is 0 Å². The minimum absolute atomic E-state index is 0.104. The zero-order chi connectivity index (χ0) is 7.28. The number of ether oxygens (including phenoxy) is 1. The van der Waals surface area contributed by atoms with Crippen molar-refractivity contribution in [3.63, 3.8) is 0 Å². The van der Waals surface area contributed by atoms with Gasteiger partial charge in [-0.15, -0.1) is 0 Å². The predicted molar refractivity (Wildman–Crippen MR) is 38.6 cm³/mol. The van der Waals surface area contributed by atoms with Crippen LogP contribution < -0.4 is 0 Å². The average molecular weight is 130 g/mol. The number of nitrogens with zero attached hydrogens (tertiary/aromatic N) is 2. The first-order valence-corrected chi connectivity index (χ1v) is 2.91. The van der Waals surface area contributed by atoms with Crippen molar-refractivity contribution in [2.45, 2.75) is 13.0 Å². The molecule has 54 valence electrons. The molecule has 0 aliphatic heterocycles. The first kappa shape index (κ1) is 8.43. The van der Waals surface area contributed by atoms with Gasteiger partial charge in [-0.05, 0) is 6.92 Å². The third-order valence-corrected chi connectivity index (χ3v) is 0.879. The Morgan fingerprint density at radius 2 is 2.11 bits per heavy atom. The maximum absolute atomic E-state index is 4.92. The topological polar surface area (TPSA) is 24.8 Å². The summed E-state index contributed by atoms with van der Waals surface area (Å²) in [5.41, 5.74) is 0. The van der Waals surface area contributed by atoms with Crippen LogP contribution in [-0.4, -0.2) is 38.5 Å². The fourth-order valence-electron chi connectivity index (χ4n) is 0.288. The van der Waals surface area contributed by atoms with Crippen LogP contribution in [0.3, 0.4) is 0 Å². The zero-order valence-electron chi connectivity index (χ0n) is 6.46. The van der Waals surface area contributed by atoms with Crippen LogP contribution in [0.15, 0.2) is 5.10 Å². The Hall–Kier alpha value is -0.570. The lowest BCUT2D eigenvalue weighted by Gasteiger charge is -2.05. The molecule has 9 heavy (non-hydrogen) atoms. The summed E-state index contributed by atoms with van der Waals surface area (Å²) in [5.74, 6) is 0. The van der Waals surface area contributed by atoms with Crippen molar-refractivity contribution in [1.82, 2.24) is 5.01 Å². The molecule has 1 unspecified atom stereocenters. The first-order chi connectivity index (χ1) is 4.16. The highest BCUT2D eigenvalue weighted by Gasteiger charge is 1.90. The Morgan fingerprint density at radius 3 is 2.44 bits per heavy atom. The Kier molecular flexibility index (Phi) is 4.05. The van der Waals surface area contributed by atoms with E-state index in [1.54, 1.807) is 18.3 Å². The molecule has 3 heteroatoms.